The fraction of sp³-hybridized carbons (Fsp3) is 0.333. The zero-order valence-electron chi connectivity index (χ0n) is 12.4. The minimum Gasteiger partial charge on any atom is -0.354 e. The van der Waals surface area contributed by atoms with Gasteiger partial charge >= 0.3 is 0 Å². The van der Waals surface area contributed by atoms with Crippen LogP contribution in [0.15, 0.2) is 54.0 Å². The third kappa shape index (κ3) is 6.16. The van der Waals surface area contributed by atoms with Gasteiger partial charge in [-0.15, -0.1) is 24.0 Å². The second kappa shape index (κ2) is 9.38. The molecular weight excluding hydrogens is 377 g/mol. The minimum absolute atomic E-state index is 0. The van der Waals surface area contributed by atoms with Crippen molar-refractivity contribution in [3.05, 3.63) is 54.6 Å². The van der Waals surface area contributed by atoms with Crippen LogP contribution >= 0.6 is 24.0 Å². The molecule has 2 rings (SSSR count). The fourth-order valence-electron chi connectivity index (χ4n) is 1.82. The van der Waals surface area contributed by atoms with Crippen molar-refractivity contribution in [1.82, 2.24) is 19.8 Å². The Balaban J connectivity index is 0.00000220. The van der Waals surface area contributed by atoms with E-state index in [9.17, 15) is 0 Å². The number of nitrogens with one attached hydrogen (secondary N) is 1. The molecule has 0 amide bonds. The van der Waals surface area contributed by atoms with E-state index in [2.05, 4.69) is 27.4 Å². The van der Waals surface area contributed by atoms with Crippen molar-refractivity contribution < 1.29 is 0 Å². The number of halogens is 1. The predicted octanol–water partition coefficient (Wildman–Crippen LogP) is 2.21. The van der Waals surface area contributed by atoms with Crippen LogP contribution in [-0.4, -0.2) is 41.1 Å². The molecule has 0 aliphatic rings. The van der Waals surface area contributed by atoms with Gasteiger partial charge in [-0.1, -0.05) is 30.3 Å². The lowest BCUT2D eigenvalue weighted by Gasteiger charge is -2.17. The molecule has 0 atom stereocenters. The van der Waals surface area contributed by atoms with Crippen molar-refractivity contribution in [2.75, 3.05) is 20.6 Å². The number of aliphatic imine (C=N–C) groups is 1. The molecule has 0 aliphatic heterocycles. The second-order valence-electron chi connectivity index (χ2n) is 4.75. The smallest absolute Gasteiger partial charge is 0.193 e. The number of aromatic nitrogens is 2. The summed E-state index contributed by atoms with van der Waals surface area (Å²) in [4.78, 5) is 10.6. The predicted molar refractivity (Wildman–Crippen MR) is 96.9 cm³/mol. The van der Waals surface area contributed by atoms with Gasteiger partial charge in [0.25, 0.3) is 0 Å². The Morgan fingerprint density at radius 3 is 2.67 bits per heavy atom. The van der Waals surface area contributed by atoms with Crippen molar-refractivity contribution in [3.8, 4) is 0 Å². The summed E-state index contributed by atoms with van der Waals surface area (Å²) in [5.74, 6) is 0.897. The van der Waals surface area contributed by atoms with E-state index in [4.69, 9.17) is 0 Å². The average Bonchev–Trinajstić information content (AvgIpc) is 2.96. The first-order valence-electron chi connectivity index (χ1n) is 6.71. The summed E-state index contributed by atoms with van der Waals surface area (Å²) >= 11 is 0. The van der Waals surface area contributed by atoms with E-state index in [1.165, 1.54) is 5.56 Å². The number of hydrogen-bond donors (Lipinski definition) is 1. The van der Waals surface area contributed by atoms with Gasteiger partial charge in [0.2, 0.25) is 0 Å². The highest BCUT2D eigenvalue weighted by Gasteiger charge is 2.01. The molecule has 0 saturated heterocycles. The topological polar surface area (TPSA) is 45.5 Å². The molecule has 0 unspecified atom stereocenters. The summed E-state index contributed by atoms with van der Waals surface area (Å²) in [6.45, 7) is 2.38. The monoisotopic (exact) mass is 399 g/mol. The Kier molecular flexibility index (Phi) is 7.81. The lowest BCUT2D eigenvalue weighted by Crippen LogP contribution is -2.38. The molecule has 0 radical (unpaired) electrons. The normalized spacial score (nSPS) is 10.9. The van der Waals surface area contributed by atoms with Gasteiger partial charge in [-0.2, -0.15) is 0 Å². The fourth-order valence-corrected chi connectivity index (χ4v) is 1.82. The molecule has 1 aromatic heterocycles. The molecule has 0 spiro atoms. The van der Waals surface area contributed by atoms with Crippen LogP contribution in [0, 0.1) is 0 Å². The van der Waals surface area contributed by atoms with Crippen LogP contribution in [-0.2, 0) is 13.1 Å². The van der Waals surface area contributed by atoms with Gasteiger partial charge in [0.1, 0.15) is 0 Å². The molecule has 0 bridgehead atoms. The quantitative estimate of drug-likeness (QED) is 0.477. The first kappa shape index (κ1) is 17.5. The highest BCUT2D eigenvalue weighted by atomic mass is 127. The van der Waals surface area contributed by atoms with E-state index in [0.29, 0.717) is 6.54 Å². The summed E-state index contributed by atoms with van der Waals surface area (Å²) in [6, 6.07) is 10.3. The van der Waals surface area contributed by atoms with Gasteiger partial charge in [0.05, 0.1) is 12.9 Å². The van der Waals surface area contributed by atoms with E-state index in [-0.39, 0.29) is 24.0 Å². The van der Waals surface area contributed by atoms with Crippen LogP contribution in [0.25, 0.3) is 0 Å². The van der Waals surface area contributed by atoms with Crippen LogP contribution < -0.4 is 5.32 Å². The van der Waals surface area contributed by atoms with Crippen molar-refractivity contribution in [3.63, 3.8) is 0 Å². The molecule has 1 aromatic carbocycles. The molecule has 1 heterocycles. The number of guanidine groups is 1. The standard InChI is InChI=1S/C15H21N5.HI/c1-19(2)15(17-9-11-20-10-8-16-13-20)18-12-14-6-4-3-5-7-14;/h3-8,10,13H,9,11-12H2,1-2H3,(H,17,18);1H. The zero-order chi connectivity index (χ0) is 14.2. The maximum absolute atomic E-state index is 4.62. The number of benzene rings is 1. The third-order valence-electron chi connectivity index (χ3n) is 2.89. The minimum atomic E-state index is 0. The molecule has 5 nitrogen and oxygen atoms in total. The Bertz CT molecular complexity index is 522. The summed E-state index contributed by atoms with van der Waals surface area (Å²) in [5, 5.41) is 3.36. The van der Waals surface area contributed by atoms with Crippen LogP contribution in [0.3, 0.4) is 0 Å². The van der Waals surface area contributed by atoms with Gasteiger partial charge < -0.3 is 14.8 Å². The third-order valence-corrected chi connectivity index (χ3v) is 2.89. The van der Waals surface area contributed by atoms with Crippen molar-refractivity contribution in [2.24, 2.45) is 4.99 Å². The second-order valence-corrected chi connectivity index (χ2v) is 4.75. The number of rotatable bonds is 5. The molecule has 6 heteroatoms. The Labute approximate surface area is 143 Å². The van der Waals surface area contributed by atoms with Gasteiger partial charge in [-0.3, -0.25) is 0 Å². The molecule has 2 aromatic rings. The van der Waals surface area contributed by atoms with Gasteiger partial charge in [-0.05, 0) is 5.56 Å². The number of imidazole rings is 1. The van der Waals surface area contributed by atoms with E-state index in [0.717, 1.165) is 19.0 Å². The van der Waals surface area contributed by atoms with Gasteiger partial charge in [-0.25, -0.2) is 9.98 Å². The van der Waals surface area contributed by atoms with E-state index >= 15 is 0 Å². The zero-order valence-corrected chi connectivity index (χ0v) is 14.8. The van der Waals surface area contributed by atoms with Crippen LogP contribution in [0.2, 0.25) is 0 Å². The van der Waals surface area contributed by atoms with E-state index in [1.807, 2.05) is 54.3 Å². The maximum Gasteiger partial charge on any atom is 0.193 e. The van der Waals surface area contributed by atoms with Crippen molar-refractivity contribution in [1.29, 1.82) is 0 Å². The van der Waals surface area contributed by atoms with Crippen LogP contribution in [0.4, 0.5) is 0 Å². The SMILES string of the molecule is CN(C)C(=NCc1ccccc1)NCCn1ccnc1.I. The summed E-state index contributed by atoms with van der Waals surface area (Å²) in [7, 11) is 3.99. The number of hydrogen-bond acceptors (Lipinski definition) is 2. The first-order valence-corrected chi connectivity index (χ1v) is 6.71. The summed E-state index contributed by atoms with van der Waals surface area (Å²) < 4.78 is 2.04. The largest absolute Gasteiger partial charge is 0.354 e. The highest BCUT2D eigenvalue weighted by Crippen LogP contribution is 2.00. The highest BCUT2D eigenvalue weighted by molar-refractivity contribution is 14.0. The van der Waals surface area contributed by atoms with Gasteiger partial charge in [0, 0.05) is 39.6 Å². The Hall–Kier alpha value is -1.57. The molecule has 0 saturated carbocycles. The molecular formula is C15H22IN5. The lowest BCUT2D eigenvalue weighted by atomic mass is 10.2. The summed E-state index contributed by atoms with van der Waals surface area (Å²) in [5.41, 5.74) is 1.21. The van der Waals surface area contributed by atoms with Crippen molar-refractivity contribution in [2.45, 2.75) is 13.1 Å². The van der Waals surface area contributed by atoms with E-state index < -0.39 is 0 Å². The average molecular weight is 399 g/mol. The Morgan fingerprint density at radius 2 is 2.05 bits per heavy atom. The first-order chi connectivity index (χ1) is 9.75. The maximum atomic E-state index is 4.62. The number of nitrogens with zero attached hydrogens (tertiary/aromatic N) is 4. The summed E-state index contributed by atoms with van der Waals surface area (Å²) in [6.07, 6.45) is 5.56. The molecule has 21 heavy (non-hydrogen) atoms. The molecule has 114 valence electrons. The van der Waals surface area contributed by atoms with Crippen molar-refractivity contribution >= 4 is 29.9 Å². The van der Waals surface area contributed by atoms with Crippen LogP contribution in [0.1, 0.15) is 5.56 Å². The van der Waals surface area contributed by atoms with E-state index in [1.54, 1.807) is 6.20 Å². The lowest BCUT2D eigenvalue weighted by molar-refractivity contribution is 0.564. The Morgan fingerprint density at radius 1 is 1.29 bits per heavy atom. The molecule has 1 N–H and O–H groups in total. The molecule has 0 aliphatic carbocycles. The van der Waals surface area contributed by atoms with Gasteiger partial charge in [0.15, 0.2) is 5.96 Å². The molecule has 0 fully saturated rings. The van der Waals surface area contributed by atoms with Crippen LogP contribution in [0.5, 0.6) is 0 Å².